The molecule has 10 nitrogen and oxygen atoms in total. The molecule has 5 aromatic rings. The molecule has 0 aliphatic carbocycles. The van der Waals surface area contributed by atoms with E-state index in [9.17, 15) is 19.2 Å². The minimum absolute atomic E-state index is 0.00531. The number of aryl methyl sites for hydroxylation is 2. The highest BCUT2D eigenvalue weighted by Crippen LogP contribution is 2.37. The van der Waals surface area contributed by atoms with Gasteiger partial charge in [0.05, 0.1) is 27.3 Å². The highest BCUT2D eigenvalue weighted by atomic mass is 16.7. The van der Waals surface area contributed by atoms with Gasteiger partial charge in [0.15, 0.2) is 36.7 Å². The molecule has 0 aliphatic heterocycles. The Morgan fingerprint density at radius 2 is 1.36 bits per heavy atom. The van der Waals surface area contributed by atoms with E-state index in [1.165, 1.54) is 52.5 Å². The second-order valence-electron chi connectivity index (χ2n) is 9.90. The van der Waals surface area contributed by atoms with Crippen LogP contribution in [-0.2, 0) is 9.47 Å². The van der Waals surface area contributed by atoms with Crippen LogP contribution in [0, 0.1) is 13.8 Å². The summed E-state index contributed by atoms with van der Waals surface area (Å²) in [6, 6.07) is 7.71. The quantitative estimate of drug-likeness (QED) is 0.123. The summed E-state index contributed by atoms with van der Waals surface area (Å²) in [6.45, 7) is 6.12. The molecule has 0 amide bonds. The Morgan fingerprint density at radius 3 is 1.98 bits per heavy atom. The van der Waals surface area contributed by atoms with Gasteiger partial charge in [-0.05, 0) is 63.1 Å². The zero-order valence-electron chi connectivity index (χ0n) is 24.0. The Labute approximate surface area is 239 Å². The minimum atomic E-state index is -0.546. The fourth-order valence-corrected chi connectivity index (χ4v) is 4.92. The van der Waals surface area contributed by atoms with E-state index < -0.39 is 17.0 Å². The Bertz CT molecular complexity index is 2030. The van der Waals surface area contributed by atoms with Gasteiger partial charge in [-0.2, -0.15) is 0 Å². The monoisotopic (exact) mass is 572 g/mol. The fourth-order valence-electron chi connectivity index (χ4n) is 4.92. The molecular formula is C32H28O10. The maximum atomic E-state index is 14.0. The lowest BCUT2D eigenvalue weighted by atomic mass is 9.88. The molecule has 2 heterocycles. The standard InChI is InChI=1S/C32H28O10/c1-15-7-20-25(8-16(15)2)42-32-22(30(20)35)9-19(17(3)33)29(28(32)18(4)34)23-12-39-24-11-27(41-14-38-6)26(40-13-37-5)10-21(24)31(23)36/h7-12H,13-14H2,1-6H3. The molecule has 3 aromatic carbocycles. The van der Waals surface area contributed by atoms with E-state index in [0.717, 1.165) is 11.1 Å². The Balaban J connectivity index is 1.88. The molecule has 2 aromatic heterocycles. The van der Waals surface area contributed by atoms with Gasteiger partial charge < -0.3 is 27.8 Å². The first-order valence-electron chi connectivity index (χ1n) is 13.0. The minimum Gasteiger partial charge on any atom is -0.464 e. The number of hydrogen-bond donors (Lipinski definition) is 0. The normalized spacial score (nSPS) is 11.4. The van der Waals surface area contributed by atoms with Crippen LogP contribution in [0.5, 0.6) is 11.5 Å². The number of fused-ring (bicyclic) bond motifs is 3. The smallest absolute Gasteiger partial charge is 0.200 e. The maximum Gasteiger partial charge on any atom is 0.200 e. The molecular weight excluding hydrogens is 544 g/mol. The largest absolute Gasteiger partial charge is 0.464 e. The fraction of sp³-hybridized carbons (Fsp3) is 0.250. The first-order chi connectivity index (χ1) is 20.1. The molecule has 5 rings (SSSR count). The lowest BCUT2D eigenvalue weighted by molar-refractivity contribution is 0.0324. The second-order valence-corrected chi connectivity index (χ2v) is 9.90. The van der Waals surface area contributed by atoms with Gasteiger partial charge in [-0.15, -0.1) is 0 Å². The number of ketones is 2. The summed E-state index contributed by atoms with van der Waals surface area (Å²) in [4.78, 5) is 53.8. The van der Waals surface area contributed by atoms with Crippen molar-refractivity contribution in [3.8, 4) is 22.6 Å². The van der Waals surface area contributed by atoms with Gasteiger partial charge in [-0.3, -0.25) is 19.2 Å². The lowest BCUT2D eigenvalue weighted by Gasteiger charge is -2.16. The van der Waals surface area contributed by atoms with E-state index in [1.807, 2.05) is 13.8 Å². The third-order valence-electron chi connectivity index (χ3n) is 7.08. The molecule has 0 aliphatic rings. The molecule has 42 heavy (non-hydrogen) atoms. The van der Waals surface area contributed by atoms with E-state index in [4.69, 9.17) is 27.8 Å². The van der Waals surface area contributed by atoms with Crippen LogP contribution in [0.1, 0.15) is 45.7 Å². The van der Waals surface area contributed by atoms with Crippen molar-refractivity contribution in [2.75, 3.05) is 27.8 Å². The average molecular weight is 573 g/mol. The van der Waals surface area contributed by atoms with Crippen molar-refractivity contribution in [1.82, 2.24) is 0 Å². The molecule has 0 saturated carbocycles. The van der Waals surface area contributed by atoms with E-state index in [2.05, 4.69) is 0 Å². The third-order valence-corrected chi connectivity index (χ3v) is 7.08. The first-order valence-corrected chi connectivity index (χ1v) is 13.0. The van der Waals surface area contributed by atoms with Gasteiger partial charge in [-0.25, -0.2) is 0 Å². The molecule has 0 radical (unpaired) electrons. The summed E-state index contributed by atoms with van der Waals surface area (Å²) in [5.41, 5.74) is 1.17. The van der Waals surface area contributed by atoms with Crippen LogP contribution in [0.3, 0.4) is 0 Å². The molecule has 0 atom stereocenters. The second kappa shape index (κ2) is 11.2. The maximum absolute atomic E-state index is 14.0. The van der Waals surface area contributed by atoms with Crippen molar-refractivity contribution in [3.05, 3.63) is 79.3 Å². The first kappa shape index (κ1) is 28.7. The van der Waals surface area contributed by atoms with Crippen LogP contribution in [-0.4, -0.2) is 39.4 Å². The van der Waals surface area contributed by atoms with E-state index in [1.54, 1.807) is 12.1 Å². The van der Waals surface area contributed by atoms with E-state index in [-0.39, 0.29) is 80.3 Å². The summed E-state index contributed by atoms with van der Waals surface area (Å²) in [6.07, 6.45) is 1.17. The third kappa shape index (κ3) is 4.84. The molecule has 0 N–H and O–H groups in total. The van der Waals surface area contributed by atoms with Gasteiger partial charge in [0.25, 0.3) is 0 Å². The zero-order chi connectivity index (χ0) is 30.3. The number of rotatable bonds is 9. The predicted molar refractivity (Wildman–Crippen MR) is 156 cm³/mol. The number of Topliss-reactive ketones (excluding diaryl/α,β-unsaturated/α-hetero) is 2. The van der Waals surface area contributed by atoms with Crippen LogP contribution >= 0.6 is 0 Å². The number of carbonyl (C=O) groups excluding carboxylic acids is 2. The number of hydrogen-bond acceptors (Lipinski definition) is 10. The van der Waals surface area contributed by atoms with Crippen molar-refractivity contribution < 1.29 is 37.4 Å². The van der Waals surface area contributed by atoms with Gasteiger partial charge in [0, 0.05) is 31.4 Å². The molecule has 0 bridgehead atoms. The van der Waals surface area contributed by atoms with E-state index in [0.29, 0.717) is 5.39 Å². The molecule has 0 unspecified atom stereocenters. The molecule has 10 heteroatoms. The summed E-state index contributed by atoms with van der Waals surface area (Å²) < 4.78 is 33.1. The van der Waals surface area contributed by atoms with E-state index >= 15 is 0 Å². The van der Waals surface area contributed by atoms with Gasteiger partial charge in [0.1, 0.15) is 23.0 Å². The summed E-state index contributed by atoms with van der Waals surface area (Å²) in [5.74, 6) is -0.528. The topological polar surface area (TPSA) is 131 Å². The van der Waals surface area contributed by atoms with Gasteiger partial charge >= 0.3 is 0 Å². The highest BCUT2D eigenvalue weighted by Gasteiger charge is 2.27. The number of carbonyl (C=O) groups is 2. The SMILES string of the molecule is COCOc1cc2occ(-c3c(C(C)=O)cc4c(=O)c5cc(C)c(C)cc5oc4c3C(C)=O)c(=O)c2cc1OCOC. The van der Waals surface area contributed by atoms with Crippen LogP contribution in [0.15, 0.2) is 55.0 Å². The summed E-state index contributed by atoms with van der Waals surface area (Å²) in [7, 11) is 2.90. The van der Waals surface area contributed by atoms with Crippen LogP contribution in [0.4, 0.5) is 0 Å². The summed E-state index contributed by atoms with van der Waals surface area (Å²) >= 11 is 0. The molecule has 0 spiro atoms. The van der Waals surface area contributed by atoms with Gasteiger partial charge in [-0.1, -0.05) is 0 Å². The van der Waals surface area contributed by atoms with Crippen LogP contribution < -0.4 is 20.3 Å². The van der Waals surface area contributed by atoms with Crippen molar-refractivity contribution in [3.63, 3.8) is 0 Å². The molecule has 0 saturated heterocycles. The Morgan fingerprint density at radius 1 is 0.738 bits per heavy atom. The van der Waals surface area contributed by atoms with Gasteiger partial charge in [0.2, 0.25) is 10.9 Å². The van der Waals surface area contributed by atoms with Crippen LogP contribution in [0.2, 0.25) is 0 Å². The van der Waals surface area contributed by atoms with Crippen molar-refractivity contribution in [1.29, 1.82) is 0 Å². The summed E-state index contributed by atoms with van der Waals surface area (Å²) in [5, 5.41) is 0.478. The highest BCUT2D eigenvalue weighted by molar-refractivity contribution is 6.17. The number of methoxy groups -OCH3 is 2. The lowest BCUT2D eigenvalue weighted by Crippen LogP contribution is -2.15. The van der Waals surface area contributed by atoms with Crippen LogP contribution in [0.25, 0.3) is 44.0 Å². The average Bonchev–Trinajstić information content (AvgIpc) is 2.95. The van der Waals surface area contributed by atoms with Crippen molar-refractivity contribution in [2.45, 2.75) is 27.7 Å². The zero-order valence-corrected chi connectivity index (χ0v) is 24.0. The predicted octanol–water partition coefficient (Wildman–Crippen LogP) is 5.71. The molecule has 216 valence electrons. The Hall–Kier alpha value is -4.80. The molecule has 0 fully saturated rings. The number of ether oxygens (including phenoxy) is 4. The van der Waals surface area contributed by atoms with Crippen molar-refractivity contribution in [2.24, 2.45) is 0 Å². The number of benzene rings is 3. The van der Waals surface area contributed by atoms with Crippen molar-refractivity contribution >= 4 is 44.5 Å². The Kier molecular flexibility index (Phi) is 7.68.